The van der Waals surface area contributed by atoms with Crippen LogP contribution in [0, 0.1) is 13.8 Å². The van der Waals surface area contributed by atoms with E-state index in [-0.39, 0.29) is 5.91 Å². The summed E-state index contributed by atoms with van der Waals surface area (Å²) in [5.41, 5.74) is 4.41. The largest absolute Gasteiger partial charge is 0.273 e. The number of carbonyl (C=O) groups is 1. The van der Waals surface area contributed by atoms with Gasteiger partial charge < -0.3 is 0 Å². The smallest absolute Gasteiger partial charge is 0.248 e. The fraction of sp³-hybridized carbons (Fsp3) is 0.333. The van der Waals surface area contributed by atoms with Crippen molar-refractivity contribution in [3.8, 4) is 0 Å². The van der Waals surface area contributed by atoms with Gasteiger partial charge in [-0.25, -0.2) is 5.01 Å². The van der Waals surface area contributed by atoms with Gasteiger partial charge in [-0.3, -0.25) is 4.79 Å². The van der Waals surface area contributed by atoms with Crippen LogP contribution in [0.25, 0.3) is 0 Å². The molecular formula is C12H14N2O. The first-order valence-electron chi connectivity index (χ1n) is 4.99. The Morgan fingerprint density at radius 3 is 2.53 bits per heavy atom. The first-order chi connectivity index (χ1) is 7.08. The van der Waals surface area contributed by atoms with Crippen molar-refractivity contribution in [2.75, 3.05) is 7.05 Å². The number of benzene rings is 1. The lowest BCUT2D eigenvalue weighted by Gasteiger charge is -2.03. The monoisotopic (exact) mass is 202 g/mol. The Bertz CT molecular complexity index is 449. The number of aryl methyl sites for hydroxylation is 2. The van der Waals surface area contributed by atoms with E-state index in [1.807, 2.05) is 6.07 Å². The fourth-order valence-electron chi connectivity index (χ4n) is 1.61. The van der Waals surface area contributed by atoms with Gasteiger partial charge in [0, 0.05) is 7.05 Å². The molecule has 0 fully saturated rings. The normalized spacial score (nSPS) is 15.8. The van der Waals surface area contributed by atoms with E-state index in [0.29, 0.717) is 6.42 Å². The van der Waals surface area contributed by atoms with E-state index >= 15 is 0 Å². The highest BCUT2D eigenvalue weighted by Crippen LogP contribution is 2.16. The highest BCUT2D eigenvalue weighted by molar-refractivity contribution is 6.13. The lowest BCUT2D eigenvalue weighted by atomic mass is 10.0. The molecule has 0 unspecified atom stereocenters. The number of rotatable bonds is 1. The third-order valence-electron chi connectivity index (χ3n) is 2.79. The van der Waals surface area contributed by atoms with Crippen molar-refractivity contribution in [1.29, 1.82) is 0 Å². The average molecular weight is 202 g/mol. The van der Waals surface area contributed by atoms with E-state index in [1.165, 1.54) is 16.1 Å². The molecule has 0 saturated heterocycles. The van der Waals surface area contributed by atoms with Crippen LogP contribution in [0.2, 0.25) is 0 Å². The van der Waals surface area contributed by atoms with Crippen molar-refractivity contribution >= 4 is 11.6 Å². The van der Waals surface area contributed by atoms with Gasteiger partial charge in [0.15, 0.2) is 0 Å². The zero-order valence-electron chi connectivity index (χ0n) is 9.24. The lowest BCUT2D eigenvalue weighted by molar-refractivity contribution is -0.127. The summed E-state index contributed by atoms with van der Waals surface area (Å²) >= 11 is 0. The molecule has 78 valence electrons. The lowest BCUT2D eigenvalue weighted by Crippen LogP contribution is -2.14. The molecule has 1 aromatic carbocycles. The Labute approximate surface area is 89.4 Å². The van der Waals surface area contributed by atoms with Gasteiger partial charge >= 0.3 is 0 Å². The van der Waals surface area contributed by atoms with Crippen LogP contribution in [-0.4, -0.2) is 23.7 Å². The van der Waals surface area contributed by atoms with E-state index < -0.39 is 0 Å². The minimum absolute atomic E-state index is 0.0585. The molecule has 0 saturated carbocycles. The van der Waals surface area contributed by atoms with E-state index in [9.17, 15) is 4.79 Å². The Kier molecular flexibility index (Phi) is 2.31. The van der Waals surface area contributed by atoms with Gasteiger partial charge in [0.1, 0.15) is 0 Å². The molecule has 1 aromatic rings. The molecule has 1 aliphatic rings. The predicted octanol–water partition coefficient (Wildman–Crippen LogP) is 1.87. The highest BCUT2D eigenvalue weighted by Gasteiger charge is 2.21. The Morgan fingerprint density at radius 1 is 1.27 bits per heavy atom. The molecule has 3 heteroatoms. The molecule has 1 heterocycles. The maximum Gasteiger partial charge on any atom is 0.248 e. The molecular weight excluding hydrogens is 188 g/mol. The van der Waals surface area contributed by atoms with Crippen LogP contribution in [0.4, 0.5) is 0 Å². The minimum Gasteiger partial charge on any atom is -0.273 e. The van der Waals surface area contributed by atoms with Gasteiger partial charge in [0.2, 0.25) is 5.91 Å². The van der Waals surface area contributed by atoms with Gasteiger partial charge in [-0.15, -0.1) is 0 Å². The van der Waals surface area contributed by atoms with Gasteiger partial charge in [-0.1, -0.05) is 12.1 Å². The van der Waals surface area contributed by atoms with Crippen molar-refractivity contribution in [2.45, 2.75) is 20.3 Å². The Balaban J connectivity index is 2.35. The summed E-state index contributed by atoms with van der Waals surface area (Å²) in [6, 6.07) is 6.17. The van der Waals surface area contributed by atoms with E-state index in [4.69, 9.17) is 0 Å². The zero-order valence-corrected chi connectivity index (χ0v) is 9.24. The molecule has 3 nitrogen and oxygen atoms in total. The summed E-state index contributed by atoms with van der Waals surface area (Å²) in [5, 5.41) is 5.62. The minimum atomic E-state index is 0.0585. The average Bonchev–Trinajstić information content (AvgIpc) is 2.52. The summed E-state index contributed by atoms with van der Waals surface area (Å²) in [6.07, 6.45) is 0.416. The highest BCUT2D eigenvalue weighted by atomic mass is 16.2. The third kappa shape index (κ3) is 1.77. The number of hydrazone groups is 1. The molecule has 0 N–H and O–H groups in total. The van der Waals surface area contributed by atoms with Gasteiger partial charge in [-0.2, -0.15) is 5.10 Å². The number of hydrogen-bond donors (Lipinski definition) is 0. The molecule has 0 spiro atoms. The predicted molar refractivity (Wildman–Crippen MR) is 59.8 cm³/mol. The van der Waals surface area contributed by atoms with E-state index in [2.05, 4.69) is 31.1 Å². The topological polar surface area (TPSA) is 32.7 Å². The Hall–Kier alpha value is -1.64. The maximum absolute atomic E-state index is 11.3. The second kappa shape index (κ2) is 3.50. The number of amides is 1. The summed E-state index contributed by atoms with van der Waals surface area (Å²) in [4.78, 5) is 11.3. The van der Waals surface area contributed by atoms with E-state index in [0.717, 1.165) is 11.3 Å². The molecule has 1 amide bonds. The molecule has 0 radical (unpaired) electrons. The van der Waals surface area contributed by atoms with Gasteiger partial charge in [0.25, 0.3) is 0 Å². The van der Waals surface area contributed by atoms with Crippen molar-refractivity contribution in [1.82, 2.24) is 5.01 Å². The van der Waals surface area contributed by atoms with Crippen LogP contribution < -0.4 is 0 Å². The maximum atomic E-state index is 11.3. The summed E-state index contributed by atoms with van der Waals surface area (Å²) < 4.78 is 0. The van der Waals surface area contributed by atoms with Crippen molar-refractivity contribution in [3.05, 3.63) is 34.9 Å². The second-order valence-corrected chi connectivity index (χ2v) is 3.94. The molecule has 0 bridgehead atoms. The third-order valence-corrected chi connectivity index (χ3v) is 2.79. The molecule has 0 aliphatic carbocycles. The van der Waals surface area contributed by atoms with Gasteiger partial charge in [-0.05, 0) is 36.6 Å². The van der Waals surface area contributed by atoms with Crippen molar-refractivity contribution < 1.29 is 4.79 Å². The molecule has 0 aromatic heterocycles. The van der Waals surface area contributed by atoms with E-state index in [1.54, 1.807) is 7.05 Å². The van der Waals surface area contributed by atoms with Crippen LogP contribution in [-0.2, 0) is 4.79 Å². The van der Waals surface area contributed by atoms with Crippen molar-refractivity contribution in [2.24, 2.45) is 5.10 Å². The Morgan fingerprint density at radius 2 is 2.00 bits per heavy atom. The number of hydrogen-bond acceptors (Lipinski definition) is 2. The molecule has 1 aliphatic heterocycles. The summed E-state index contributed by atoms with van der Waals surface area (Å²) in [7, 11) is 1.69. The molecule has 2 rings (SSSR count). The zero-order chi connectivity index (χ0) is 11.0. The quantitative estimate of drug-likeness (QED) is 0.684. The first-order valence-corrected chi connectivity index (χ1v) is 4.99. The summed E-state index contributed by atoms with van der Waals surface area (Å²) in [6.45, 7) is 4.15. The van der Waals surface area contributed by atoms with Crippen LogP contribution in [0.1, 0.15) is 23.1 Å². The first kappa shape index (κ1) is 9.90. The second-order valence-electron chi connectivity index (χ2n) is 3.94. The fourth-order valence-corrected chi connectivity index (χ4v) is 1.61. The van der Waals surface area contributed by atoms with Crippen molar-refractivity contribution in [3.63, 3.8) is 0 Å². The molecule has 0 atom stereocenters. The van der Waals surface area contributed by atoms with Crippen LogP contribution in [0.15, 0.2) is 23.3 Å². The van der Waals surface area contributed by atoms with Crippen LogP contribution in [0.3, 0.4) is 0 Å². The molecule has 15 heavy (non-hydrogen) atoms. The standard InChI is InChI=1S/C12H14N2O/c1-8-4-5-10(6-9(8)2)11-7-12(15)14(3)13-11/h4-6H,7H2,1-3H3. The number of nitrogens with zero attached hydrogens (tertiary/aromatic N) is 2. The number of carbonyl (C=O) groups excluding carboxylic acids is 1. The van der Waals surface area contributed by atoms with Gasteiger partial charge in [0.05, 0.1) is 12.1 Å². The van der Waals surface area contributed by atoms with Crippen LogP contribution in [0.5, 0.6) is 0 Å². The van der Waals surface area contributed by atoms with Crippen LogP contribution >= 0.6 is 0 Å². The SMILES string of the molecule is Cc1ccc(C2=NN(C)C(=O)C2)cc1C. The summed E-state index contributed by atoms with van der Waals surface area (Å²) in [5.74, 6) is 0.0585.